The van der Waals surface area contributed by atoms with Gasteiger partial charge in [-0.25, -0.2) is 0 Å². The lowest BCUT2D eigenvalue weighted by molar-refractivity contribution is 0.220. The predicted octanol–water partition coefficient (Wildman–Crippen LogP) is 1.37. The zero-order valence-corrected chi connectivity index (χ0v) is 13.6. The number of nitrogens with zero attached hydrogens (tertiary/aromatic N) is 4. The van der Waals surface area contributed by atoms with Crippen molar-refractivity contribution >= 4 is 5.82 Å². The van der Waals surface area contributed by atoms with Gasteiger partial charge in [-0.2, -0.15) is 5.10 Å². The molecule has 0 amide bonds. The standard InChI is InChI=1S/C15H29N5/c1-6-20-9-7-13(8-10-20)18(4)15-14(11-16-3)12(2)17-19(15)5/h13,16H,6-11H2,1-5H3. The Morgan fingerprint density at radius 1 is 1.35 bits per heavy atom. The highest BCUT2D eigenvalue weighted by Crippen LogP contribution is 2.27. The van der Waals surface area contributed by atoms with Crippen LogP contribution in [-0.2, 0) is 13.6 Å². The molecule has 0 radical (unpaired) electrons. The van der Waals surface area contributed by atoms with Gasteiger partial charge in [0.25, 0.3) is 0 Å². The summed E-state index contributed by atoms with van der Waals surface area (Å²) in [5.41, 5.74) is 2.46. The van der Waals surface area contributed by atoms with Crippen LogP contribution in [0.1, 0.15) is 31.0 Å². The molecule has 2 rings (SSSR count). The minimum absolute atomic E-state index is 0.628. The molecule has 1 aliphatic heterocycles. The molecule has 0 atom stereocenters. The van der Waals surface area contributed by atoms with Crippen LogP contribution in [-0.4, -0.2) is 54.5 Å². The van der Waals surface area contributed by atoms with Crippen LogP contribution in [0.25, 0.3) is 0 Å². The number of likely N-dealkylation sites (tertiary alicyclic amines) is 1. The lowest BCUT2D eigenvalue weighted by atomic mass is 10.0. The van der Waals surface area contributed by atoms with Gasteiger partial charge in [0.05, 0.1) is 5.69 Å². The summed E-state index contributed by atoms with van der Waals surface area (Å²) in [6.07, 6.45) is 2.49. The highest BCUT2D eigenvalue weighted by molar-refractivity contribution is 5.50. The Balaban J connectivity index is 2.15. The van der Waals surface area contributed by atoms with Gasteiger partial charge in [-0.15, -0.1) is 0 Å². The summed E-state index contributed by atoms with van der Waals surface area (Å²) < 4.78 is 2.04. The SMILES string of the molecule is CCN1CCC(N(C)c2c(CNC)c(C)nn2C)CC1. The molecule has 5 nitrogen and oxygen atoms in total. The maximum atomic E-state index is 4.60. The third kappa shape index (κ3) is 2.99. The number of nitrogens with one attached hydrogen (secondary N) is 1. The molecule has 0 spiro atoms. The van der Waals surface area contributed by atoms with Crippen LogP contribution in [0.4, 0.5) is 5.82 Å². The minimum atomic E-state index is 0.628. The molecule has 114 valence electrons. The summed E-state index contributed by atoms with van der Waals surface area (Å²) in [5, 5.41) is 7.87. The number of rotatable bonds is 5. The quantitative estimate of drug-likeness (QED) is 0.883. The number of piperidine rings is 1. The van der Waals surface area contributed by atoms with Crippen LogP contribution < -0.4 is 10.2 Å². The molecule has 0 bridgehead atoms. The topological polar surface area (TPSA) is 36.3 Å². The van der Waals surface area contributed by atoms with Crippen molar-refractivity contribution in [2.75, 3.05) is 38.6 Å². The van der Waals surface area contributed by atoms with Crippen molar-refractivity contribution in [2.24, 2.45) is 7.05 Å². The monoisotopic (exact) mass is 279 g/mol. The summed E-state index contributed by atoms with van der Waals surface area (Å²) in [4.78, 5) is 4.98. The molecule has 0 aliphatic carbocycles. The zero-order valence-electron chi connectivity index (χ0n) is 13.6. The van der Waals surface area contributed by atoms with E-state index in [2.05, 4.69) is 48.2 Å². The van der Waals surface area contributed by atoms with E-state index < -0.39 is 0 Å². The van der Waals surface area contributed by atoms with E-state index in [-0.39, 0.29) is 0 Å². The number of anilines is 1. The molecule has 0 saturated carbocycles. The van der Waals surface area contributed by atoms with E-state index in [1.54, 1.807) is 0 Å². The lowest BCUT2D eigenvalue weighted by Gasteiger charge is -2.37. The summed E-state index contributed by atoms with van der Waals surface area (Å²) in [7, 11) is 6.27. The second kappa shape index (κ2) is 6.59. The molecule has 1 N–H and O–H groups in total. The van der Waals surface area contributed by atoms with E-state index in [9.17, 15) is 0 Å². The highest BCUT2D eigenvalue weighted by Gasteiger charge is 2.25. The van der Waals surface area contributed by atoms with E-state index in [4.69, 9.17) is 0 Å². The van der Waals surface area contributed by atoms with E-state index in [1.165, 1.54) is 43.9 Å². The Labute approximate surface area is 122 Å². The number of aromatic nitrogens is 2. The fourth-order valence-electron chi connectivity index (χ4n) is 3.31. The van der Waals surface area contributed by atoms with Crippen LogP contribution in [0.2, 0.25) is 0 Å². The fourth-order valence-corrected chi connectivity index (χ4v) is 3.31. The van der Waals surface area contributed by atoms with Crippen molar-refractivity contribution in [3.05, 3.63) is 11.3 Å². The zero-order chi connectivity index (χ0) is 14.7. The number of hydrogen-bond acceptors (Lipinski definition) is 4. The largest absolute Gasteiger partial charge is 0.357 e. The first-order chi connectivity index (χ1) is 9.58. The maximum absolute atomic E-state index is 4.60. The first-order valence-corrected chi connectivity index (χ1v) is 7.70. The summed E-state index contributed by atoms with van der Waals surface area (Å²) >= 11 is 0. The van der Waals surface area contributed by atoms with Crippen molar-refractivity contribution in [2.45, 2.75) is 39.3 Å². The molecule has 0 unspecified atom stereocenters. The van der Waals surface area contributed by atoms with Crippen LogP contribution in [0.3, 0.4) is 0 Å². The van der Waals surface area contributed by atoms with Gasteiger partial charge < -0.3 is 15.1 Å². The van der Waals surface area contributed by atoms with Gasteiger partial charge in [0.1, 0.15) is 5.82 Å². The summed E-state index contributed by atoms with van der Waals surface area (Å²) in [6.45, 7) is 8.83. The van der Waals surface area contributed by atoms with Gasteiger partial charge in [0.2, 0.25) is 0 Å². The minimum Gasteiger partial charge on any atom is -0.357 e. The summed E-state index contributed by atoms with van der Waals surface area (Å²) in [6, 6.07) is 0.628. The fraction of sp³-hybridized carbons (Fsp3) is 0.800. The summed E-state index contributed by atoms with van der Waals surface area (Å²) in [5.74, 6) is 1.27. The van der Waals surface area contributed by atoms with Crippen LogP contribution in [0, 0.1) is 6.92 Å². The Kier molecular flexibility index (Phi) is 5.05. The van der Waals surface area contributed by atoms with Gasteiger partial charge in [-0.1, -0.05) is 6.92 Å². The van der Waals surface area contributed by atoms with E-state index >= 15 is 0 Å². The van der Waals surface area contributed by atoms with E-state index in [0.29, 0.717) is 6.04 Å². The third-order valence-electron chi connectivity index (χ3n) is 4.55. The van der Waals surface area contributed by atoms with Gasteiger partial charge in [0.15, 0.2) is 0 Å². The third-order valence-corrected chi connectivity index (χ3v) is 4.55. The lowest BCUT2D eigenvalue weighted by Crippen LogP contribution is -2.44. The molecule has 2 heterocycles. The van der Waals surface area contributed by atoms with Crippen molar-refractivity contribution in [3.8, 4) is 0 Å². The normalized spacial score (nSPS) is 17.6. The Morgan fingerprint density at radius 3 is 2.55 bits per heavy atom. The molecule has 1 aliphatic rings. The molecule has 1 aromatic heterocycles. The average Bonchev–Trinajstić information content (AvgIpc) is 2.73. The molecule has 1 fully saturated rings. The second-order valence-corrected chi connectivity index (χ2v) is 5.82. The Morgan fingerprint density at radius 2 is 2.00 bits per heavy atom. The number of aryl methyl sites for hydroxylation is 2. The smallest absolute Gasteiger partial charge is 0.131 e. The van der Waals surface area contributed by atoms with Crippen LogP contribution in [0.15, 0.2) is 0 Å². The molecule has 5 heteroatoms. The van der Waals surface area contributed by atoms with Crippen molar-refractivity contribution in [1.29, 1.82) is 0 Å². The van der Waals surface area contributed by atoms with Gasteiger partial charge in [0, 0.05) is 45.3 Å². The first-order valence-electron chi connectivity index (χ1n) is 7.70. The van der Waals surface area contributed by atoms with E-state index in [0.717, 1.165) is 12.2 Å². The molecule has 1 saturated heterocycles. The molecule has 20 heavy (non-hydrogen) atoms. The highest BCUT2D eigenvalue weighted by atomic mass is 15.4. The molecular formula is C15H29N5. The van der Waals surface area contributed by atoms with Crippen molar-refractivity contribution in [1.82, 2.24) is 20.0 Å². The van der Waals surface area contributed by atoms with Crippen LogP contribution >= 0.6 is 0 Å². The predicted molar refractivity (Wildman–Crippen MR) is 84.2 cm³/mol. The van der Waals surface area contributed by atoms with E-state index in [1.807, 2.05) is 11.7 Å². The van der Waals surface area contributed by atoms with Gasteiger partial charge in [-0.3, -0.25) is 4.68 Å². The maximum Gasteiger partial charge on any atom is 0.131 e. The molecular weight excluding hydrogens is 250 g/mol. The van der Waals surface area contributed by atoms with Gasteiger partial charge >= 0.3 is 0 Å². The Bertz CT molecular complexity index is 432. The molecule has 1 aromatic rings. The first kappa shape index (κ1) is 15.3. The van der Waals surface area contributed by atoms with Crippen molar-refractivity contribution in [3.63, 3.8) is 0 Å². The van der Waals surface area contributed by atoms with Crippen molar-refractivity contribution < 1.29 is 0 Å². The number of hydrogen-bond donors (Lipinski definition) is 1. The molecule has 0 aromatic carbocycles. The average molecular weight is 279 g/mol. The van der Waals surface area contributed by atoms with Gasteiger partial charge in [-0.05, 0) is 33.4 Å². The Hall–Kier alpha value is -1.07. The second-order valence-electron chi connectivity index (χ2n) is 5.82. The van der Waals surface area contributed by atoms with Crippen LogP contribution in [0.5, 0.6) is 0 Å².